The zero-order valence-corrected chi connectivity index (χ0v) is 17.6. The maximum absolute atomic E-state index is 12.4. The number of nitrogens with one attached hydrogen (secondary N) is 2. The largest absolute Gasteiger partial charge is 0.554 e. The molecule has 32 heavy (non-hydrogen) atoms. The van der Waals surface area contributed by atoms with E-state index >= 15 is 0 Å². The minimum absolute atomic E-state index is 0.156. The molecule has 0 aliphatic carbocycles. The van der Waals surface area contributed by atoms with Crippen LogP contribution in [0.25, 0.3) is 16.6 Å². The molecule has 164 valence electrons. The zero-order chi connectivity index (χ0) is 22.9. The molecule has 0 spiro atoms. The lowest BCUT2D eigenvalue weighted by molar-refractivity contribution is -0.684. The number of ether oxygens (including phenoxy) is 1. The van der Waals surface area contributed by atoms with E-state index in [0.717, 1.165) is 28.0 Å². The van der Waals surface area contributed by atoms with Crippen LogP contribution in [0.15, 0.2) is 67.3 Å². The lowest BCUT2D eigenvalue weighted by atomic mass is 10.2. The Kier molecular flexibility index (Phi) is 7.31. The fraction of sp³-hybridized carbons (Fsp3) is 0.136. The Labute approximate surface area is 184 Å². The van der Waals surface area contributed by atoms with Gasteiger partial charge in [0.2, 0.25) is 6.54 Å². The lowest BCUT2D eigenvalue weighted by Gasteiger charge is -2.09. The minimum Gasteiger partial charge on any atom is -0.554 e. The second kappa shape index (κ2) is 10.5. The molecule has 0 saturated heterocycles. The van der Waals surface area contributed by atoms with Gasteiger partial charge in [0.1, 0.15) is 17.3 Å². The molecule has 4 aromatic rings. The van der Waals surface area contributed by atoms with Crippen molar-refractivity contribution in [2.45, 2.75) is 6.54 Å². The van der Waals surface area contributed by atoms with Crippen molar-refractivity contribution in [3.05, 3.63) is 67.3 Å². The third kappa shape index (κ3) is 5.17. The smallest absolute Gasteiger partial charge is 0.291 e. The van der Waals surface area contributed by atoms with E-state index in [9.17, 15) is 4.79 Å². The van der Waals surface area contributed by atoms with Crippen LogP contribution in [0, 0.1) is 0 Å². The van der Waals surface area contributed by atoms with Crippen LogP contribution in [0.4, 0.5) is 11.5 Å². The Morgan fingerprint density at radius 3 is 2.62 bits per heavy atom. The van der Waals surface area contributed by atoms with E-state index in [0.29, 0.717) is 5.82 Å². The van der Waals surface area contributed by atoms with Gasteiger partial charge in [-0.1, -0.05) is 12.1 Å². The molecule has 1 amide bonds. The Bertz CT molecular complexity index is 1210. The van der Waals surface area contributed by atoms with Gasteiger partial charge in [0.25, 0.3) is 5.91 Å². The standard InChI is InChI=1S/C21H20N6O2.CH2O2/c1-22-16-7-9-26(10-8-16)14-21(28)25-20-11-15-12-24-27(18(15)13-23-20)17-5-3-4-6-19(17)29-2;2-1-3/h3-13H,14H2,1-2H3,(H,23,25,28);1H,(H,2,3). The highest BCUT2D eigenvalue weighted by molar-refractivity contribution is 5.91. The third-order valence-corrected chi connectivity index (χ3v) is 4.54. The predicted molar refractivity (Wildman–Crippen MR) is 116 cm³/mol. The van der Waals surface area contributed by atoms with Crippen molar-refractivity contribution in [2.75, 3.05) is 24.8 Å². The number of pyridine rings is 2. The average Bonchev–Trinajstić information content (AvgIpc) is 3.23. The number of anilines is 2. The Balaban J connectivity index is 0.000000913. The number of para-hydroxylation sites is 2. The summed E-state index contributed by atoms with van der Waals surface area (Å²) in [6.07, 6.45) is 7.13. The fourth-order valence-electron chi connectivity index (χ4n) is 3.07. The lowest BCUT2D eigenvalue weighted by Crippen LogP contribution is -2.39. The number of hydrogen-bond acceptors (Lipinski definition) is 7. The summed E-state index contributed by atoms with van der Waals surface area (Å²) in [6.45, 7) is -0.301. The van der Waals surface area contributed by atoms with E-state index in [1.54, 1.807) is 34.8 Å². The molecular formula is C22H22N6O4. The highest BCUT2D eigenvalue weighted by atomic mass is 16.5. The van der Waals surface area contributed by atoms with Crippen molar-refractivity contribution >= 4 is 34.8 Å². The molecule has 0 aliphatic heterocycles. The summed E-state index contributed by atoms with van der Waals surface area (Å²) in [5.74, 6) is 1.04. The topological polar surface area (TPSA) is 125 Å². The molecule has 0 unspecified atom stereocenters. The van der Waals surface area contributed by atoms with E-state index < -0.39 is 6.47 Å². The van der Waals surface area contributed by atoms with Gasteiger partial charge in [0, 0.05) is 36.7 Å². The molecule has 3 heterocycles. The van der Waals surface area contributed by atoms with E-state index in [2.05, 4.69) is 20.7 Å². The molecule has 0 atom stereocenters. The quantitative estimate of drug-likeness (QED) is 0.339. The number of benzene rings is 1. The molecule has 0 saturated carbocycles. The highest BCUT2D eigenvalue weighted by Crippen LogP contribution is 2.26. The maximum Gasteiger partial charge on any atom is 0.291 e. The van der Waals surface area contributed by atoms with Gasteiger partial charge in [-0.15, -0.1) is 0 Å². The molecule has 1 aromatic carbocycles. The van der Waals surface area contributed by atoms with Crippen molar-refractivity contribution < 1.29 is 24.0 Å². The number of fused-ring (bicyclic) bond motifs is 1. The number of aromatic nitrogens is 4. The first-order valence-electron chi connectivity index (χ1n) is 9.59. The number of hydrogen-bond donors (Lipinski definition) is 2. The molecule has 0 radical (unpaired) electrons. The van der Waals surface area contributed by atoms with Crippen molar-refractivity contribution in [2.24, 2.45) is 0 Å². The van der Waals surface area contributed by atoms with Crippen molar-refractivity contribution in [3.8, 4) is 11.4 Å². The van der Waals surface area contributed by atoms with Crippen molar-refractivity contribution in [3.63, 3.8) is 0 Å². The van der Waals surface area contributed by atoms with E-state index in [4.69, 9.17) is 14.6 Å². The molecule has 3 aromatic heterocycles. The summed E-state index contributed by atoms with van der Waals surface area (Å²) in [7, 11) is 3.48. The molecule has 2 N–H and O–H groups in total. The molecule has 10 heteroatoms. The molecule has 0 bridgehead atoms. The van der Waals surface area contributed by atoms with Gasteiger partial charge in [-0.25, -0.2) is 9.67 Å². The van der Waals surface area contributed by atoms with Gasteiger partial charge < -0.3 is 25.3 Å². The number of rotatable bonds is 6. The number of amides is 1. The number of carbonyl (C=O) groups excluding carboxylic acids is 2. The van der Waals surface area contributed by atoms with Crippen LogP contribution in [0.5, 0.6) is 5.75 Å². The second-order valence-electron chi connectivity index (χ2n) is 6.51. The summed E-state index contributed by atoms with van der Waals surface area (Å²) >= 11 is 0. The van der Waals surface area contributed by atoms with Crippen LogP contribution in [-0.4, -0.2) is 41.3 Å². The predicted octanol–water partition coefficient (Wildman–Crippen LogP) is 0.763. The van der Waals surface area contributed by atoms with Crippen LogP contribution in [0.3, 0.4) is 0 Å². The Hall–Kier alpha value is -4.47. The number of carbonyl (C=O) groups is 2. The SMILES string of the molecule is CNc1cc[n+](CC(=O)Nc2cc3cnn(-c4ccccc4OC)c3cn2)cc1.O=C[O-]. The van der Waals surface area contributed by atoms with E-state index in [1.807, 2.05) is 55.8 Å². The van der Waals surface area contributed by atoms with E-state index in [1.165, 1.54) is 0 Å². The molecule has 4 rings (SSSR count). The van der Waals surface area contributed by atoms with Crippen LogP contribution in [0.2, 0.25) is 0 Å². The Morgan fingerprint density at radius 2 is 1.94 bits per heavy atom. The number of carboxylic acid groups (broad SMARTS) is 1. The van der Waals surface area contributed by atoms with Crippen LogP contribution < -0.4 is 25.0 Å². The molecule has 0 fully saturated rings. The highest BCUT2D eigenvalue weighted by Gasteiger charge is 2.13. The van der Waals surface area contributed by atoms with Crippen LogP contribution in [-0.2, 0) is 16.1 Å². The monoisotopic (exact) mass is 434 g/mol. The maximum atomic E-state index is 12.4. The number of methoxy groups -OCH3 is 1. The van der Waals surface area contributed by atoms with Crippen LogP contribution >= 0.6 is 0 Å². The molecule has 0 aliphatic rings. The Morgan fingerprint density at radius 1 is 1.22 bits per heavy atom. The summed E-state index contributed by atoms with van der Waals surface area (Å²) < 4.78 is 8.99. The van der Waals surface area contributed by atoms with Gasteiger partial charge >= 0.3 is 0 Å². The van der Waals surface area contributed by atoms with Gasteiger partial charge in [-0.2, -0.15) is 9.67 Å². The van der Waals surface area contributed by atoms with Crippen molar-refractivity contribution in [1.82, 2.24) is 14.8 Å². The third-order valence-electron chi connectivity index (χ3n) is 4.54. The van der Waals surface area contributed by atoms with Gasteiger partial charge in [-0.05, 0) is 18.2 Å². The first-order valence-corrected chi connectivity index (χ1v) is 9.59. The van der Waals surface area contributed by atoms with E-state index in [-0.39, 0.29) is 12.5 Å². The first kappa shape index (κ1) is 22.2. The van der Waals surface area contributed by atoms with Gasteiger partial charge in [0.15, 0.2) is 12.4 Å². The first-order chi connectivity index (χ1) is 15.6. The average molecular weight is 434 g/mol. The van der Waals surface area contributed by atoms with Gasteiger partial charge in [0.05, 0.1) is 25.0 Å². The zero-order valence-electron chi connectivity index (χ0n) is 17.6. The summed E-state index contributed by atoms with van der Waals surface area (Å²) in [5.41, 5.74) is 2.63. The fourth-order valence-corrected chi connectivity index (χ4v) is 3.07. The van der Waals surface area contributed by atoms with Crippen LogP contribution in [0.1, 0.15) is 0 Å². The molecular weight excluding hydrogens is 412 g/mol. The van der Waals surface area contributed by atoms with Crippen molar-refractivity contribution in [1.29, 1.82) is 0 Å². The molecule has 10 nitrogen and oxygen atoms in total. The summed E-state index contributed by atoms with van der Waals surface area (Å²) in [5, 5.41) is 19.5. The minimum atomic E-state index is -0.500. The number of nitrogens with zero attached hydrogens (tertiary/aromatic N) is 4. The second-order valence-corrected chi connectivity index (χ2v) is 6.51. The normalized spacial score (nSPS) is 10.1. The van der Waals surface area contributed by atoms with Gasteiger partial charge in [-0.3, -0.25) is 4.79 Å². The summed E-state index contributed by atoms with van der Waals surface area (Å²) in [4.78, 5) is 25.0. The summed E-state index contributed by atoms with van der Waals surface area (Å²) in [6, 6.07) is 13.3.